The standard InChI is InChI=1S/C25H19Cl3F3N3O3/c1-2-36-33-10-9-32-23(35)18-8-7-17(15-5-3-4-6-16(15)18)21-13-24(37-34-21,25(29,30)31)14-11-19(26)22(28)20(27)12-14/h3-8,10-12H,2,9,13H2,1H3,(H,32,35)/b33-10+. The maximum atomic E-state index is 14.4. The van der Waals surface area contributed by atoms with Crippen LogP contribution in [0.2, 0.25) is 15.1 Å². The van der Waals surface area contributed by atoms with Crippen LogP contribution in [0, 0.1) is 0 Å². The van der Waals surface area contributed by atoms with E-state index >= 15 is 0 Å². The first-order chi connectivity index (χ1) is 17.6. The number of alkyl halides is 3. The highest BCUT2D eigenvalue weighted by atomic mass is 35.5. The third kappa shape index (κ3) is 5.21. The largest absolute Gasteiger partial charge is 0.435 e. The van der Waals surface area contributed by atoms with Crippen molar-refractivity contribution in [3.05, 3.63) is 80.3 Å². The molecule has 1 amide bonds. The molecule has 1 unspecified atom stereocenters. The molecule has 1 atom stereocenters. The second kappa shape index (κ2) is 10.8. The van der Waals surface area contributed by atoms with E-state index in [1.165, 1.54) is 12.3 Å². The molecule has 0 fully saturated rings. The monoisotopic (exact) mass is 571 g/mol. The van der Waals surface area contributed by atoms with Crippen LogP contribution in [-0.2, 0) is 15.3 Å². The van der Waals surface area contributed by atoms with E-state index in [1.807, 2.05) is 0 Å². The van der Waals surface area contributed by atoms with Gasteiger partial charge in [0, 0.05) is 23.1 Å². The normalized spacial score (nSPS) is 17.6. The highest BCUT2D eigenvalue weighted by molar-refractivity contribution is 6.48. The minimum atomic E-state index is -4.86. The smallest absolute Gasteiger partial charge is 0.396 e. The van der Waals surface area contributed by atoms with Gasteiger partial charge in [-0.3, -0.25) is 4.79 Å². The fraction of sp³-hybridized carbons (Fsp3) is 0.240. The van der Waals surface area contributed by atoms with Crippen molar-refractivity contribution in [1.82, 2.24) is 5.32 Å². The topological polar surface area (TPSA) is 72.3 Å². The molecule has 37 heavy (non-hydrogen) atoms. The van der Waals surface area contributed by atoms with E-state index in [1.54, 1.807) is 37.3 Å². The van der Waals surface area contributed by atoms with Gasteiger partial charge in [-0.25, -0.2) is 0 Å². The van der Waals surface area contributed by atoms with E-state index < -0.39 is 18.2 Å². The molecule has 6 nitrogen and oxygen atoms in total. The third-order valence-electron chi connectivity index (χ3n) is 5.75. The summed E-state index contributed by atoms with van der Waals surface area (Å²) < 4.78 is 43.3. The molecular formula is C25H19Cl3F3N3O3. The zero-order valence-electron chi connectivity index (χ0n) is 19.2. The molecule has 1 N–H and O–H groups in total. The van der Waals surface area contributed by atoms with Crippen molar-refractivity contribution in [2.75, 3.05) is 13.2 Å². The Labute approximate surface area is 224 Å². The zero-order valence-corrected chi connectivity index (χ0v) is 21.5. The first kappa shape index (κ1) is 27.0. The van der Waals surface area contributed by atoms with E-state index in [-0.39, 0.29) is 38.8 Å². The lowest BCUT2D eigenvalue weighted by Crippen LogP contribution is -2.42. The highest BCUT2D eigenvalue weighted by Crippen LogP contribution is 2.51. The Balaban J connectivity index is 1.70. The van der Waals surface area contributed by atoms with E-state index in [4.69, 9.17) is 44.5 Å². The molecule has 0 radical (unpaired) electrons. The van der Waals surface area contributed by atoms with Crippen LogP contribution in [0.1, 0.15) is 34.8 Å². The molecule has 0 saturated carbocycles. The summed E-state index contributed by atoms with van der Waals surface area (Å²) in [6.07, 6.45) is -4.10. The average Bonchev–Trinajstić information content (AvgIpc) is 3.33. The number of halogens is 6. The van der Waals surface area contributed by atoms with Crippen molar-refractivity contribution < 1.29 is 27.6 Å². The molecule has 3 aromatic carbocycles. The van der Waals surface area contributed by atoms with Crippen molar-refractivity contribution in [1.29, 1.82) is 0 Å². The molecule has 0 aliphatic carbocycles. The second-order valence-corrected chi connectivity index (χ2v) is 9.20. The van der Waals surface area contributed by atoms with Gasteiger partial charge < -0.3 is 15.0 Å². The lowest BCUT2D eigenvalue weighted by molar-refractivity contribution is -0.275. The van der Waals surface area contributed by atoms with Gasteiger partial charge in [0.25, 0.3) is 11.5 Å². The lowest BCUT2D eigenvalue weighted by atomic mass is 9.85. The van der Waals surface area contributed by atoms with Crippen molar-refractivity contribution >= 4 is 63.4 Å². The van der Waals surface area contributed by atoms with Crippen molar-refractivity contribution in [2.24, 2.45) is 10.3 Å². The Hall–Kier alpha value is -3.01. The Bertz CT molecular complexity index is 1390. The molecule has 4 rings (SSSR count). The molecule has 194 valence electrons. The van der Waals surface area contributed by atoms with Gasteiger partial charge in [0.2, 0.25) is 0 Å². The van der Waals surface area contributed by atoms with Gasteiger partial charge in [-0.1, -0.05) is 75.4 Å². The first-order valence-corrected chi connectivity index (χ1v) is 12.1. The summed E-state index contributed by atoms with van der Waals surface area (Å²) in [6, 6.07) is 12.1. The number of hydrogen-bond donors (Lipinski definition) is 1. The van der Waals surface area contributed by atoms with Gasteiger partial charge in [-0.15, -0.1) is 0 Å². The summed E-state index contributed by atoms with van der Waals surface area (Å²) in [4.78, 5) is 22.7. The van der Waals surface area contributed by atoms with Crippen LogP contribution >= 0.6 is 34.8 Å². The summed E-state index contributed by atoms with van der Waals surface area (Å²) in [5.41, 5.74) is -2.37. The van der Waals surface area contributed by atoms with Gasteiger partial charge in [-0.05, 0) is 35.9 Å². The van der Waals surface area contributed by atoms with Crippen LogP contribution in [-0.4, -0.2) is 37.2 Å². The SMILES string of the molecule is CCO/N=C/CNC(=O)c1ccc(C2=NOC(c3cc(Cl)c(Cl)c(Cl)c3)(C(F)(F)F)C2)c2ccccc12. The van der Waals surface area contributed by atoms with Crippen molar-refractivity contribution in [3.8, 4) is 0 Å². The first-order valence-electron chi connectivity index (χ1n) is 11.0. The Kier molecular flexibility index (Phi) is 7.87. The number of rotatable bonds is 7. The van der Waals surface area contributed by atoms with E-state index in [9.17, 15) is 18.0 Å². The van der Waals surface area contributed by atoms with Crippen LogP contribution < -0.4 is 5.32 Å². The molecule has 1 heterocycles. The van der Waals surface area contributed by atoms with Crippen LogP contribution in [0.4, 0.5) is 13.2 Å². The zero-order chi connectivity index (χ0) is 26.8. The molecule has 0 aromatic heterocycles. The number of hydrogen-bond acceptors (Lipinski definition) is 5. The number of carbonyl (C=O) groups excluding carboxylic acids is 1. The minimum absolute atomic E-state index is 0.0477. The maximum absolute atomic E-state index is 14.4. The van der Waals surface area contributed by atoms with Crippen LogP contribution in [0.25, 0.3) is 10.8 Å². The maximum Gasteiger partial charge on any atom is 0.435 e. The van der Waals surface area contributed by atoms with Crippen LogP contribution in [0.3, 0.4) is 0 Å². The van der Waals surface area contributed by atoms with Gasteiger partial charge in [0.1, 0.15) is 6.61 Å². The van der Waals surface area contributed by atoms with Crippen LogP contribution in [0.15, 0.2) is 58.8 Å². The quantitative estimate of drug-likeness (QED) is 0.186. The molecule has 0 spiro atoms. The molecule has 3 aromatic rings. The molecule has 0 bridgehead atoms. The number of carbonyl (C=O) groups is 1. The van der Waals surface area contributed by atoms with E-state index in [0.717, 1.165) is 12.1 Å². The van der Waals surface area contributed by atoms with E-state index in [2.05, 4.69) is 15.6 Å². The summed E-state index contributed by atoms with van der Waals surface area (Å²) in [5, 5.41) is 10.9. The Morgan fingerprint density at radius 1 is 1.16 bits per heavy atom. The molecular weight excluding hydrogens is 554 g/mol. The molecule has 1 aliphatic rings. The average molecular weight is 573 g/mol. The molecule has 1 aliphatic heterocycles. The summed E-state index contributed by atoms with van der Waals surface area (Å²) >= 11 is 18.0. The van der Waals surface area contributed by atoms with Crippen molar-refractivity contribution in [3.63, 3.8) is 0 Å². The lowest BCUT2D eigenvalue weighted by Gasteiger charge is -2.30. The van der Waals surface area contributed by atoms with Gasteiger partial charge >= 0.3 is 6.18 Å². The third-order valence-corrected chi connectivity index (χ3v) is 6.94. The minimum Gasteiger partial charge on any atom is -0.396 e. The summed E-state index contributed by atoms with van der Waals surface area (Å²) in [6.45, 7) is 2.31. The molecule has 12 heteroatoms. The number of oxime groups is 2. The van der Waals surface area contributed by atoms with Crippen LogP contribution in [0.5, 0.6) is 0 Å². The number of amides is 1. The van der Waals surface area contributed by atoms with E-state index in [0.29, 0.717) is 28.5 Å². The number of fused-ring (bicyclic) bond motifs is 1. The highest BCUT2D eigenvalue weighted by Gasteiger charge is 2.62. The fourth-order valence-electron chi connectivity index (χ4n) is 3.98. The van der Waals surface area contributed by atoms with Gasteiger partial charge in [0.15, 0.2) is 0 Å². The number of nitrogens with one attached hydrogen (secondary N) is 1. The summed E-state index contributed by atoms with van der Waals surface area (Å²) in [5.74, 6) is -0.384. The number of benzene rings is 3. The Morgan fingerprint density at radius 2 is 1.84 bits per heavy atom. The number of nitrogens with zero attached hydrogens (tertiary/aromatic N) is 2. The molecule has 0 saturated heterocycles. The van der Waals surface area contributed by atoms with Gasteiger partial charge in [-0.2, -0.15) is 13.2 Å². The second-order valence-electron chi connectivity index (χ2n) is 8.01. The summed E-state index contributed by atoms with van der Waals surface area (Å²) in [7, 11) is 0. The van der Waals surface area contributed by atoms with Crippen molar-refractivity contribution in [2.45, 2.75) is 25.1 Å². The predicted octanol–water partition coefficient (Wildman–Crippen LogP) is 7.13. The van der Waals surface area contributed by atoms with Gasteiger partial charge in [0.05, 0.1) is 33.5 Å². The fourth-order valence-corrected chi connectivity index (χ4v) is 4.58. The Morgan fingerprint density at radius 3 is 2.49 bits per heavy atom. The predicted molar refractivity (Wildman–Crippen MR) is 138 cm³/mol.